The average molecular weight is 212 g/mol. The second-order valence-electron chi connectivity index (χ2n) is 2.76. The van der Waals surface area contributed by atoms with Gasteiger partial charge < -0.3 is 14.8 Å². The summed E-state index contributed by atoms with van der Waals surface area (Å²) in [6.45, 7) is 1.93. The fourth-order valence-electron chi connectivity index (χ4n) is 0.943. The van der Waals surface area contributed by atoms with Gasteiger partial charge in [-0.1, -0.05) is 12.1 Å². The Labute approximate surface area is 89.1 Å². The Morgan fingerprint density at radius 3 is 2.27 bits per heavy atom. The van der Waals surface area contributed by atoms with Gasteiger partial charge in [0, 0.05) is 13.0 Å². The predicted octanol–water partition coefficient (Wildman–Crippen LogP) is 1.67. The standard InChI is InChI=1S/C9H10O3.C2H6O/c10-7-1-2-8-3-5-9(12-11)6-4-8;1-2-3/h3-7,11H,1-2H2;3H,2H2,1H3. The molecule has 0 unspecified atom stereocenters. The molecule has 0 radical (unpaired) electrons. The maximum absolute atomic E-state index is 10.0. The average Bonchev–Trinajstić information content (AvgIpc) is 2.28. The molecule has 2 N–H and O–H groups in total. The summed E-state index contributed by atoms with van der Waals surface area (Å²) >= 11 is 0. The highest BCUT2D eigenvalue weighted by molar-refractivity contribution is 5.50. The number of aryl methyl sites for hydroxylation is 1. The SMILES string of the molecule is CCO.O=CCCc1ccc(OO)cc1. The molecule has 0 aliphatic heterocycles. The number of rotatable bonds is 4. The van der Waals surface area contributed by atoms with Crippen LogP contribution in [0.1, 0.15) is 18.9 Å². The number of carbonyl (C=O) groups is 1. The molecule has 1 aromatic rings. The largest absolute Gasteiger partial charge is 0.397 e. The zero-order chi connectivity index (χ0) is 11.5. The van der Waals surface area contributed by atoms with Gasteiger partial charge in [-0.15, -0.1) is 0 Å². The summed E-state index contributed by atoms with van der Waals surface area (Å²) in [4.78, 5) is 14.0. The molecule has 15 heavy (non-hydrogen) atoms. The van der Waals surface area contributed by atoms with E-state index in [9.17, 15) is 4.79 Å². The van der Waals surface area contributed by atoms with Gasteiger partial charge in [0.2, 0.25) is 0 Å². The first-order valence-electron chi connectivity index (χ1n) is 4.73. The van der Waals surface area contributed by atoms with Crippen molar-refractivity contribution < 1.29 is 20.0 Å². The van der Waals surface area contributed by atoms with Gasteiger partial charge in [0.15, 0.2) is 5.75 Å². The highest BCUT2D eigenvalue weighted by Crippen LogP contribution is 2.11. The minimum atomic E-state index is 0.250. The Morgan fingerprint density at radius 2 is 1.87 bits per heavy atom. The van der Waals surface area contributed by atoms with E-state index in [1.165, 1.54) is 0 Å². The second-order valence-corrected chi connectivity index (χ2v) is 2.76. The van der Waals surface area contributed by atoms with Crippen molar-refractivity contribution >= 4 is 6.29 Å². The lowest BCUT2D eigenvalue weighted by Crippen LogP contribution is -1.87. The Balaban J connectivity index is 0.000000583. The van der Waals surface area contributed by atoms with E-state index in [1.807, 2.05) is 12.1 Å². The smallest absolute Gasteiger partial charge is 0.165 e. The molecule has 84 valence electrons. The van der Waals surface area contributed by atoms with Crippen LogP contribution in [-0.4, -0.2) is 23.3 Å². The van der Waals surface area contributed by atoms with E-state index in [2.05, 4.69) is 4.89 Å². The minimum absolute atomic E-state index is 0.250. The van der Waals surface area contributed by atoms with Crippen molar-refractivity contribution in [1.82, 2.24) is 0 Å². The van der Waals surface area contributed by atoms with Crippen molar-refractivity contribution in [3.63, 3.8) is 0 Å². The predicted molar refractivity (Wildman–Crippen MR) is 56.8 cm³/mol. The summed E-state index contributed by atoms with van der Waals surface area (Å²) < 4.78 is 0. The summed E-state index contributed by atoms with van der Waals surface area (Å²) in [5.74, 6) is 0.407. The summed E-state index contributed by atoms with van der Waals surface area (Å²) in [5, 5.41) is 15.8. The monoisotopic (exact) mass is 212 g/mol. The quantitative estimate of drug-likeness (QED) is 0.452. The molecular formula is C11H16O4. The molecule has 0 spiro atoms. The van der Waals surface area contributed by atoms with Crippen molar-refractivity contribution in [2.45, 2.75) is 19.8 Å². The molecular weight excluding hydrogens is 196 g/mol. The summed E-state index contributed by atoms with van der Waals surface area (Å²) in [6, 6.07) is 6.93. The molecule has 0 aromatic heterocycles. The number of aliphatic hydroxyl groups excluding tert-OH is 1. The van der Waals surface area contributed by atoms with Crippen LogP contribution in [0.4, 0.5) is 0 Å². The second kappa shape index (κ2) is 9.18. The van der Waals surface area contributed by atoms with E-state index in [0.29, 0.717) is 12.2 Å². The third-order valence-electron chi connectivity index (χ3n) is 1.58. The zero-order valence-electron chi connectivity index (χ0n) is 8.72. The number of hydrogen-bond acceptors (Lipinski definition) is 4. The topological polar surface area (TPSA) is 66.8 Å². The van der Waals surface area contributed by atoms with Crippen molar-refractivity contribution in [3.8, 4) is 5.75 Å². The van der Waals surface area contributed by atoms with Gasteiger partial charge >= 0.3 is 0 Å². The van der Waals surface area contributed by atoms with Crippen LogP contribution in [0.5, 0.6) is 5.75 Å². The van der Waals surface area contributed by atoms with E-state index in [0.717, 1.165) is 18.3 Å². The lowest BCUT2D eigenvalue weighted by molar-refractivity contribution is -0.137. The Bertz CT molecular complexity index is 256. The fourth-order valence-corrected chi connectivity index (χ4v) is 0.943. The van der Waals surface area contributed by atoms with Crippen LogP contribution in [0, 0.1) is 0 Å². The van der Waals surface area contributed by atoms with E-state index in [1.54, 1.807) is 19.1 Å². The highest BCUT2D eigenvalue weighted by atomic mass is 17.1. The molecule has 0 fully saturated rings. The molecule has 1 aromatic carbocycles. The van der Waals surface area contributed by atoms with E-state index < -0.39 is 0 Å². The van der Waals surface area contributed by atoms with Crippen molar-refractivity contribution in [2.75, 3.05) is 6.61 Å². The van der Waals surface area contributed by atoms with Gasteiger partial charge in [-0.2, -0.15) is 0 Å². The molecule has 0 bridgehead atoms. The normalized spacial score (nSPS) is 8.73. The highest BCUT2D eigenvalue weighted by Gasteiger charge is 1.93. The zero-order valence-corrected chi connectivity index (χ0v) is 8.72. The van der Waals surface area contributed by atoms with Crippen molar-refractivity contribution in [3.05, 3.63) is 29.8 Å². The van der Waals surface area contributed by atoms with Crippen LogP contribution in [0.25, 0.3) is 0 Å². The Kier molecular flexibility index (Phi) is 8.33. The first-order valence-corrected chi connectivity index (χ1v) is 4.73. The lowest BCUT2D eigenvalue weighted by Gasteiger charge is -1.98. The molecule has 0 saturated carbocycles. The fraction of sp³-hybridized carbons (Fsp3) is 0.364. The molecule has 0 amide bonds. The van der Waals surface area contributed by atoms with E-state index in [-0.39, 0.29) is 6.61 Å². The molecule has 4 heteroatoms. The van der Waals surface area contributed by atoms with Crippen molar-refractivity contribution in [2.24, 2.45) is 0 Å². The Morgan fingerprint density at radius 1 is 1.33 bits per heavy atom. The van der Waals surface area contributed by atoms with Crippen LogP contribution in [0.3, 0.4) is 0 Å². The molecule has 0 aliphatic carbocycles. The molecule has 0 atom stereocenters. The van der Waals surface area contributed by atoms with Gasteiger partial charge in [0.05, 0.1) is 0 Å². The maximum Gasteiger partial charge on any atom is 0.165 e. The number of carbonyl (C=O) groups excluding carboxylic acids is 1. The summed E-state index contributed by atoms with van der Waals surface area (Å²) in [5.41, 5.74) is 1.06. The third-order valence-corrected chi connectivity index (χ3v) is 1.58. The van der Waals surface area contributed by atoms with Crippen LogP contribution in [0.2, 0.25) is 0 Å². The number of aldehydes is 1. The minimum Gasteiger partial charge on any atom is -0.397 e. The van der Waals surface area contributed by atoms with Crippen LogP contribution >= 0.6 is 0 Å². The number of benzene rings is 1. The molecule has 4 nitrogen and oxygen atoms in total. The van der Waals surface area contributed by atoms with Gasteiger partial charge in [0.1, 0.15) is 6.29 Å². The number of aliphatic hydroxyl groups is 1. The first kappa shape index (κ1) is 13.6. The van der Waals surface area contributed by atoms with Crippen LogP contribution in [0.15, 0.2) is 24.3 Å². The van der Waals surface area contributed by atoms with Gasteiger partial charge in [-0.05, 0) is 31.0 Å². The summed E-state index contributed by atoms with van der Waals surface area (Å²) in [7, 11) is 0. The molecule has 0 aliphatic rings. The summed E-state index contributed by atoms with van der Waals surface area (Å²) in [6.07, 6.45) is 2.14. The molecule has 0 saturated heterocycles. The molecule has 1 rings (SSSR count). The third kappa shape index (κ3) is 6.65. The van der Waals surface area contributed by atoms with Crippen molar-refractivity contribution in [1.29, 1.82) is 0 Å². The lowest BCUT2D eigenvalue weighted by atomic mass is 10.1. The van der Waals surface area contributed by atoms with E-state index >= 15 is 0 Å². The molecule has 0 heterocycles. The van der Waals surface area contributed by atoms with Crippen LogP contribution in [-0.2, 0) is 11.2 Å². The van der Waals surface area contributed by atoms with Crippen LogP contribution < -0.4 is 4.89 Å². The Hall–Kier alpha value is -1.39. The van der Waals surface area contributed by atoms with E-state index in [4.69, 9.17) is 10.4 Å². The maximum atomic E-state index is 10.0. The van der Waals surface area contributed by atoms with Gasteiger partial charge in [-0.25, -0.2) is 5.26 Å². The van der Waals surface area contributed by atoms with Gasteiger partial charge in [-0.3, -0.25) is 0 Å². The number of hydrogen-bond donors (Lipinski definition) is 2. The first-order chi connectivity index (χ1) is 7.28. The van der Waals surface area contributed by atoms with Gasteiger partial charge in [0.25, 0.3) is 0 Å².